The van der Waals surface area contributed by atoms with Crippen LogP contribution in [0.15, 0.2) is 65.6 Å². The third kappa shape index (κ3) is 6.95. The normalized spacial score (nSPS) is 10.7. The number of aliphatic carboxylic acids is 1. The molecule has 1 amide bonds. The highest BCUT2D eigenvalue weighted by Gasteiger charge is 2.38. The molecule has 3 N–H and O–H groups in total. The molecule has 0 unspecified atom stereocenters. The van der Waals surface area contributed by atoms with E-state index in [9.17, 15) is 22.8 Å². The summed E-state index contributed by atoms with van der Waals surface area (Å²) in [5.74, 6) is -2.10. The molecule has 37 heavy (non-hydrogen) atoms. The molecule has 0 aliphatic rings. The van der Waals surface area contributed by atoms with Gasteiger partial charge in [0.2, 0.25) is 5.88 Å². The molecule has 4 rings (SSSR count). The van der Waals surface area contributed by atoms with E-state index in [0.717, 1.165) is 11.1 Å². The predicted octanol–water partition coefficient (Wildman–Crippen LogP) is 3.49. The number of hydrogen-bond donors (Lipinski definition) is 3. The Morgan fingerprint density at radius 2 is 1.92 bits per heavy atom. The van der Waals surface area contributed by atoms with Crippen molar-refractivity contribution in [3.05, 3.63) is 88.0 Å². The zero-order chi connectivity index (χ0) is 27.2. The number of hydrogen-bond acceptors (Lipinski definition) is 6. The number of imidazole rings is 1. The van der Waals surface area contributed by atoms with Crippen molar-refractivity contribution in [3.63, 3.8) is 0 Å². The molecule has 0 spiro atoms. The number of carbonyl (C=O) groups is 2. The molecule has 0 aliphatic heterocycles. The Hall–Kier alpha value is -5.12. The molecule has 2 aromatic carbocycles. The summed E-state index contributed by atoms with van der Waals surface area (Å²) in [4.78, 5) is 40.0. The van der Waals surface area contributed by atoms with Crippen LogP contribution in [0.2, 0.25) is 0 Å². The highest BCUT2D eigenvalue weighted by atomic mass is 19.4. The Kier molecular flexibility index (Phi) is 7.93. The first kappa shape index (κ1) is 26.5. The summed E-state index contributed by atoms with van der Waals surface area (Å²) in [7, 11) is 1.67. The molecule has 2 heterocycles. The molecule has 10 nitrogen and oxygen atoms in total. The molecule has 4 aromatic rings. The van der Waals surface area contributed by atoms with Gasteiger partial charge in [0.25, 0.3) is 5.91 Å². The molecule has 0 atom stereocenters. The van der Waals surface area contributed by atoms with E-state index in [1.807, 2.05) is 0 Å². The Morgan fingerprint density at radius 1 is 1.19 bits per heavy atom. The number of aryl methyl sites for hydroxylation is 1. The van der Waals surface area contributed by atoms with Crippen molar-refractivity contribution in [2.75, 3.05) is 0 Å². The Balaban J connectivity index is 0.000000479. The SMILES string of the molecule is Cn1c(=O)[nH]c2cc(C(=O)NCc3ccc(Oc4cccc(C#N)c4)nc3)ccc21.O=C(O)C(F)(F)F. The summed E-state index contributed by atoms with van der Waals surface area (Å²) >= 11 is 0. The largest absolute Gasteiger partial charge is 0.490 e. The van der Waals surface area contributed by atoms with Gasteiger partial charge in [-0.3, -0.25) is 9.36 Å². The average Bonchev–Trinajstić information content (AvgIpc) is 3.16. The van der Waals surface area contributed by atoms with Gasteiger partial charge in [-0.25, -0.2) is 14.6 Å². The third-order valence-corrected chi connectivity index (χ3v) is 4.85. The second kappa shape index (κ2) is 11.1. The number of carboxylic acids is 1. The number of pyridine rings is 1. The highest BCUT2D eigenvalue weighted by molar-refractivity contribution is 5.97. The number of aromatic amines is 1. The second-order valence-corrected chi connectivity index (χ2v) is 7.45. The standard InChI is InChI=1S/C22H17N5O3.C2HF3O2/c1-27-19-7-6-16(10-18(19)26-22(27)29)21(28)25-13-15-5-8-20(24-12-15)30-17-4-2-3-14(9-17)11-23;3-2(4,5)1(6)7/h2-10,12H,13H2,1H3,(H,25,28)(H,26,29);(H,6,7). The molecule has 0 bridgehead atoms. The van der Waals surface area contributed by atoms with Gasteiger partial charge in [0.1, 0.15) is 5.75 Å². The van der Waals surface area contributed by atoms with E-state index in [4.69, 9.17) is 19.9 Å². The number of fused-ring (bicyclic) bond motifs is 1. The van der Waals surface area contributed by atoms with Gasteiger partial charge in [0.15, 0.2) is 0 Å². The Bertz CT molecular complexity index is 1540. The van der Waals surface area contributed by atoms with Crippen LogP contribution in [-0.2, 0) is 18.4 Å². The lowest BCUT2D eigenvalue weighted by atomic mass is 10.2. The van der Waals surface area contributed by atoms with Gasteiger partial charge >= 0.3 is 17.8 Å². The minimum absolute atomic E-state index is 0.227. The molecular weight excluding hydrogens is 495 g/mol. The number of benzene rings is 2. The van der Waals surface area contributed by atoms with E-state index in [1.54, 1.807) is 67.8 Å². The lowest BCUT2D eigenvalue weighted by Gasteiger charge is -2.08. The summed E-state index contributed by atoms with van der Waals surface area (Å²) in [5.41, 5.74) is 2.88. The molecule has 0 saturated heterocycles. The fraction of sp³-hybridized carbons (Fsp3) is 0.125. The molecule has 0 fully saturated rings. The van der Waals surface area contributed by atoms with Gasteiger partial charge in [-0.2, -0.15) is 18.4 Å². The van der Waals surface area contributed by atoms with E-state index in [2.05, 4.69) is 21.4 Å². The summed E-state index contributed by atoms with van der Waals surface area (Å²) in [5, 5.41) is 18.9. The number of nitrogens with one attached hydrogen (secondary N) is 2. The summed E-state index contributed by atoms with van der Waals surface area (Å²) in [6.45, 7) is 0.291. The molecular formula is C24H18F3N5O5. The summed E-state index contributed by atoms with van der Waals surface area (Å²) < 4.78 is 38.9. The van der Waals surface area contributed by atoms with E-state index >= 15 is 0 Å². The first-order valence-electron chi connectivity index (χ1n) is 10.4. The first-order chi connectivity index (χ1) is 17.5. The maximum absolute atomic E-state index is 12.4. The van der Waals surface area contributed by atoms with Gasteiger partial charge in [-0.1, -0.05) is 12.1 Å². The van der Waals surface area contributed by atoms with Crippen LogP contribution in [0, 0.1) is 11.3 Å². The van der Waals surface area contributed by atoms with Crippen molar-refractivity contribution in [1.82, 2.24) is 19.9 Å². The van der Waals surface area contributed by atoms with Crippen molar-refractivity contribution in [2.45, 2.75) is 12.7 Å². The second-order valence-electron chi connectivity index (χ2n) is 7.45. The molecule has 190 valence electrons. The Morgan fingerprint density at radius 3 is 2.54 bits per heavy atom. The number of nitriles is 1. The van der Waals surface area contributed by atoms with Crippen LogP contribution in [0.4, 0.5) is 13.2 Å². The summed E-state index contributed by atoms with van der Waals surface area (Å²) in [6.07, 6.45) is -3.47. The van der Waals surface area contributed by atoms with Crippen LogP contribution in [0.3, 0.4) is 0 Å². The fourth-order valence-electron chi connectivity index (χ4n) is 2.99. The third-order valence-electron chi connectivity index (χ3n) is 4.85. The highest BCUT2D eigenvalue weighted by Crippen LogP contribution is 2.20. The number of nitrogens with zero attached hydrogens (tertiary/aromatic N) is 3. The van der Waals surface area contributed by atoms with Crippen molar-refractivity contribution < 1.29 is 32.6 Å². The number of amides is 1. The topological polar surface area (TPSA) is 150 Å². The number of alkyl halides is 3. The zero-order valence-corrected chi connectivity index (χ0v) is 19.0. The van der Waals surface area contributed by atoms with E-state index < -0.39 is 12.1 Å². The average molecular weight is 513 g/mol. The quantitative estimate of drug-likeness (QED) is 0.370. The van der Waals surface area contributed by atoms with Gasteiger partial charge < -0.3 is 20.1 Å². The molecule has 0 saturated carbocycles. The number of aromatic nitrogens is 3. The van der Waals surface area contributed by atoms with Crippen LogP contribution in [0.1, 0.15) is 21.5 Å². The van der Waals surface area contributed by atoms with E-state index in [-0.39, 0.29) is 11.6 Å². The minimum Gasteiger partial charge on any atom is -0.475 e. The van der Waals surface area contributed by atoms with Crippen LogP contribution in [0.25, 0.3) is 11.0 Å². The van der Waals surface area contributed by atoms with Crippen molar-refractivity contribution in [3.8, 4) is 17.7 Å². The number of rotatable bonds is 5. The van der Waals surface area contributed by atoms with Crippen LogP contribution in [-0.4, -0.2) is 37.7 Å². The smallest absolute Gasteiger partial charge is 0.475 e. The number of carbonyl (C=O) groups excluding carboxylic acids is 1. The van der Waals surface area contributed by atoms with Crippen molar-refractivity contribution in [2.24, 2.45) is 7.05 Å². The molecule has 13 heteroatoms. The number of halogens is 3. The van der Waals surface area contributed by atoms with Crippen LogP contribution < -0.4 is 15.7 Å². The zero-order valence-electron chi connectivity index (χ0n) is 19.0. The van der Waals surface area contributed by atoms with Crippen molar-refractivity contribution >= 4 is 22.9 Å². The lowest BCUT2D eigenvalue weighted by molar-refractivity contribution is -0.192. The number of H-pyrrole nitrogens is 1. The Labute approximate surface area is 206 Å². The van der Waals surface area contributed by atoms with Crippen molar-refractivity contribution in [1.29, 1.82) is 5.26 Å². The van der Waals surface area contributed by atoms with Gasteiger partial charge in [0.05, 0.1) is 22.7 Å². The maximum Gasteiger partial charge on any atom is 0.490 e. The minimum atomic E-state index is -5.08. The van der Waals surface area contributed by atoms with E-state index in [0.29, 0.717) is 34.8 Å². The molecule has 0 radical (unpaired) electrons. The summed E-state index contributed by atoms with van der Waals surface area (Å²) in [6, 6.07) is 17.4. The first-order valence-corrected chi connectivity index (χ1v) is 10.4. The predicted molar refractivity (Wildman–Crippen MR) is 124 cm³/mol. The van der Waals surface area contributed by atoms with Gasteiger partial charge in [0, 0.05) is 31.4 Å². The maximum atomic E-state index is 12.4. The lowest BCUT2D eigenvalue weighted by Crippen LogP contribution is -2.22. The van der Waals surface area contributed by atoms with Gasteiger partial charge in [-0.15, -0.1) is 0 Å². The number of carboxylic acid groups (broad SMARTS) is 1. The monoisotopic (exact) mass is 513 g/mol. The van der Waals surface area contributed by atoms with Crippen LogP contribution in [0.5, 0.6) is 11.6 Å². The molecule has 0 aliphatic carbocycles. The van der Waals surface area contributed by atoms with Gasteiger partial charge in [-0.05, 0) is 42.0 Å². The molecule has 2 aromatic heterocycles. The van der Waals surface area contributed by atoms with Crippen LogP contribution >= 0.6 is 0 Å². The fourth-order valence-corrected chi connectivity index (χ4v) is 2.99. The number of ether oxygens (including phenoxy) is 1. The van der Waals surface area contributed by atoms with E-state index in [1.165, 1.54) is 4.57 Å².